The van der Waals surface area contributed by atoms with Gasteiger partial charge in [-0.3, -0.25) is 4.79 Å². The smallest absolute Gasteiger partial charge is 0.273 e. The average molecular weight is 409 g/mol. The van der Waals surface area contributed by atoms with Crippen LogP contribution in [0.5, 0.6) is 0 Å². The zero-order valence-corrected chi connectivity index (χ0v) is 16.3. The summed E-state index contributed by atoms with van der Waals surface area (Å²) in [5.74, 6) is -0.825. The minimum Gasteiger partial charge on any atom is -0.381 e. The molecule has 2 aromatic rings. The number of nitrogens with zero attached hydrogens (tertiary/aromatic N) is 3. The second kappa shape index (κ2) is 7.77. The SMILES string of the molecule is Cc1c(C(=O)NCC2CCC3(CCOCC3)O2)nnn1-c1ccc(F)c(Cl)c1. The Bertz CT molecular complexity index is 882. The van der Waals surface area contributed by atoms with E-state index in [0.29, 0.717) is 17.9 Å². The molecule has 0 aliphatic carbocycles. The van der Waals surface area contributed by atoms with E-state index in [1.54, 1.807) is 6.92 Å². The van der Waals surface area contributed by atoms with E-state index in [1.165, 1.54) is 22.9 Å². The first-order valence-electron chi connectivity index (χ1n) is 9.39. The monoisotopic (exact) mass is 408 g/mol. The Morgan fingerprint density at radius 3 is 2.93 bits per heavy atom. The predicted octanol–water partition coefficient (Wildman–Crippen LogP) is 2.83. The van der Waals surface area contributed by atoms with Gasteiger partial charge < -0.3 is 14.8 Å². The van der Waals surface area contributed by atoms with Gasteiger partial charge in [-0.25, -0.2) is 9.07 Å². The minimum absolute atomic E-state index is 0.00620. The van der Waals surface area contributed by atoms with Crippen molar-refractivity contribution in [2.45, 2.75) is 44.3 Å². The molecule has 2 saturated heterocycles. The third kappa shape index (κ3) is 3.76. The fourth-order valence-electron chi connectivity index (χ4n) is 3.84. The third-order valence-corrected chi connectivity index (χ3v) is 5.78. The van der Waals surface area contributed by atoms with Crippen molar-refractivity contribution in [3.05, 3.63) is 40.4 Å². The van der Waals surface area contributed by atoms with Gasteiger partial charge in [-0.2, -0.15) is 0 Å². The molecular weight excluding hydrogens is 387 g/mol. The van der Waals surface area contributed by atoms with Crippen LogP contribution in [0, 0.1) is 12.7 Å². The van der Waals surface area contributed by atoms with Crippen LogP contribution >= 0.6 is 11.6 Å². The van der Waals surface area contributed by atoms with Gasteiger partial charge >= 0.3 is 0 Å². The Balaban J connectivity index is 1.39. The third-order valence-electron chi connectivity index (χ3n) is 5.49. The number of rotatable bonds is 4. The van der Waals surface area contributed by atoms with E-state index in [0.717, 1.165) is 38.9 Å². The summed E-state index contributed by atoms with van der Waals surface area (Å²) in [6.07, 6.45) is 3.72. The molecule has 150 valence electrons. The average Bonchev–Trinajstić information content (AvgIpc) is 3.26. The minimum atomic E-state index is -0.514. The molecule has 9 heteroatoms. The highest BCUT2D eigenvalue weighted by atomic mass is 35.5. The number of carbonyl (C=O) groups is 1. The van der Waals surface area contributed by atoms with Crippen molar-refractivity contribution >= 4 is 17.5 Å². The molecule has 2 aliphatic heterocycles. The molecule has 3 heterocycles. The number of carbonyl (C=O) groups excluding carboxylic acids is 1. The van der Waals surface area contributed by atoms with E-state index in [9.17, 15) is 9.18 Å². The van der Waals surface area contributed by atoms with Crippen LogP contribution in [-0.2, 0) is 9.47 Å². The van der Waals surface area contributed by atoms with Crippen LogP contribution in [0.3, 0.4) is 0 Å². The van der Waals surface area contributed by atoms with Crippen LogP contribution in [0.15, 0.2) is 18.2 Å². The van der Waals surface area contributed by atoms with Crippen molar-refractivity contribution < 1.29 is 18.7 Å². The number of halogens is 2. The van der Waals surface area contributed by atoms with E-state index < -0.39 is 5.82 Å². The van der Waals surface area contributed by atoms with E-state index in [4.69, 9.17) is 21.1 Å². The van der Waals surface area contributed by atoms with Gasteiger partial charge in [-0.05, 0) is 50.8 Å². The summed E-state index contributed by atoms with van der Waals surface area (Å²) in [6.45, 7) is 3.62. The van der Waals surface area contributed by atoms with Gasteiger partial charge in [0.05, 0.1) is 28.1 Å². The second-order valence-corrected chi connectivity index (χ2v) is 7.72. The van der Waals surface area contributed by atoms with Crippen LogP contribution in [0.1, 0.15) is 41.9 Å². The Kier molecular flexibility index (Phi) is 5.35. The fourth-order valence-corrected chi connectivity index (χ4v) is 4.02. The van der Waals surface area contributed by atoms with Gasteiger partial charge in [-0.15, -0.1) is 5.10 Å². The molecule has 1 unspecified atom stereocenters. The quantitative estimate of drug-likeness (QED) is 0.841. The van der Waals surface area contributed by atoms with E-state index in [-0.39, 0.29) is 28.3 Å². The van der Waals surface area contributed by atoms with Crippen LogP contribution in [0.4, 0.5) is 4.39 Å². The highest BCUT2D eigenvalue weighted by Gasteiger charge is 2.41. The molecule has 28 heavy (non-hydrogen) atoms. The van der Waals surface area contributed by atoms with Crippen molar-refractivity contribution in [2.24, 2.45) is 0 Å². The molecule has 0 radical (unpaired) electrons. The molecule has 2 aliphatic rings. The number of aromatic nitrogens is 3. The summed E-state index contributed by atoms with van der Waals surface area (Å²) >= 11 is 5.83. The van der Waals surface area contributed by atoms with Crippen LogP contribution in [-0.4, -0.2) is 52.4 Å². The van der Waals surface area contributed by atoms with Gasteiger partial charge in [0, 0.05) is 19.8 Å². The van der Waals surface area contributed by atoms with Crippen LogP contribution < -0.4 is 5.32 Å². The molecule has 0 bridgehead atoms. The predicted molar refractivity (Wildman–Crippen MR) is 100 cm³/mol. The van der Waals surface area contributed by atoms with E-state index in [2.05, 4.69) is 15.6 Å². The van der Waals surface area contributed by atoms with Crippen LogP contribution in [0.25, 0.3) is 5.69 Å². The zero-order valence-electron chi connectivity index (χ0n) is 15.6. The normalized spacial score (nSPS) is 21.2. The van der Waals surface area contributed by atoms with Gasteiger partial charge in [0.25, 0.3) is 5.91 Å². The Morgan fingerprint density at radius 2 is 2.18 bits per heavy atom. The fraction of sp³-hybridized carbons (Fsp3) is 0.526. The van der Waals surface area contributed by atoms with Crippen molar-refractivity contribution in [1.82, 2.24) is 20.3 Å². The first-order chi connectivity index (χ1) is 13.5. The van der Waals surface area contributed by atoms with Gasteiger partial charge in [-0.1, -0.05) is 16.8 Å². The lowest BCUT2D eigenvalue weighted by Crippen LogP contribution is -2.39. The summed E-state index contributed by atoms with van der Waals surface area (Å²) in [7, 11) is 0. The summed E-state index contributed by atoms with van der Waals surface area (Å²) in [4.78, 5) is 12.6. The lowest BCUT2D eigenvalue weighted by molar-refractivity contribution is -0.102. The number of ether oxygens (including phenoxy) is 2. The molecular formula is C19H22ClFN4O3. The van der Waals surface area contributed by atoms with Gasteiger partial charge in [0.15, 0.2) is 5.69 Å². The molecule has 1 spiro atoms. The van der Waals surface area contributed by atoms with E-state index in [1.807, 2.05) is 0 Å². The first kappa shape index (κ1) is 19.3. The van der Waals surface area contributed by atoms with Gasteiger partial charge in [0.1, 0.15) is 5.82 Å². The van der Waals surface area contributed by atoms with Gasteiger partial charge in [0.2, 0.25) is 0 Å². The molecule has 1 aromatic carbocycles. The highest BCUT2D eigenvalue weighted by Crippen LogP contribution is 2.38. The molecule has 0 saturated carbocycles. The summed E-state index contributed by atoms with van der Waals surface area (Å²) in [5, 5.41) is 10.9. The molecule has 4 rings (SSSR count). The van der Waals surface area contributed by atoms with Crippen molar-refractivity contribution in [3.8, 4) is 5.69 Å². The topological polar surface area (TPSA) is 78.3 Å². The van der Waals surface area contributed by atoms with Crippen molar-refractivity contribution in [2.75, 3.05) is 19.8 Å². The van der Waals surface area contributed by atoms with Crippen molar-refractivity contribution in [3.63, 3.8) is 0 Å². The van der Waals surface area contributed by atoms with Crippen LogP contribution in [0.2, 0.25) is 5.02 Å². The summed E-state index contributed by atoms with van der Waals surface area (Å²) in [6, 6.07) is 4.23. The molecule has 7 nitrogen and oxygen atoms in total. The Hall–Kier alpha value is -2.03. The molecule has 1 atom stereocenters. The maximum atomic E-state index is 13.4. The lowest BCUT2D eigenvalue weighted by atomic mass is 9.91. The zero-order chi connectivity index (χ0) is 19.7. The highest BCUT2D eigenvalue weighted by molar-refractivity contribution is 6.30. The summed E-state index contributed by atoms with van der Waals surface area (Å²) < 4.78 is 26.5. The molecule has 2 fully saturated rings. The Morgan fingerprint density at radius 1 is 1.39 bits per heavy atom. The molecule has 1 amide bonds. The number of nitrogens with one attached hydrogen (secondary N) is 1. The maximum absolute atomic E-state index is 13.4. The van der Waals surface area contributed by atoms with Crippen molar-refractivity contribution in [1.29, 1.82) is 0 Å². The number of benzene rings is 1. The number of hydrogen-bond acceptors (Lipinski definition) is 5. The largest absolute Gasteiger partial charge is 0.381 e. The summed E-state index contributed by atoms with van der Waals surface area (Å²) in [5.41, 5.74) is 1.22. The second-order valence-electron chi connectivity index (χ2n) is 7.32. The number of amides is 1. The first-order valence-corrected chi connectivity index (χ1v) is 9.77. The standard InChI is InChI=1S/C19H22ClFN4O3/c1-12-17(23-24-25(12)13-2-3-16(21)15(20)10-13)18(26)22-11-14-4-5-19(28-14)6-8-27-9-7-19/h2-3,10,14H,4-9,11H2,1H3,(H,22,26). The maximum Gasteiger partial charge on any atom is 0.273 e. The molecule has 1 N–H and O–H groups in total. The van der Waals surface area contributed by atoms with E-state index >= 15 is 0 Å². The molecule has 1 aromatic heterocycles. The number of hydrogen-bond donors (Lipinski definition) is 1. The Labute approximate surface area is 167 Å². The lowest BCUT2D eigenvalue weighted by Gasteiger charge is -2.33.